The maximum absolute atomic E-state index is 11.6. The van der Waals surface area contributed by atoms with Crippen molar-refractivity contribution in [2.24, 2.45) is 5.73 Å². The van der Waals surface area contributed by atoms with Gasteiger partial charge in [0.2, 0.25) is 0 Å². The third-order valence-corrected chi connectivity index (χ3v) is 3.89. The average molecular weight is 431 g/mol. The third kappa shape index (κ3) is 11.4. The average Bonchev–Trinajstić information content (AvgIpc) is 2.68. The van der Waals surface area contributed by atoms with E-state index in [0.717, 1.165) is 11.1 Å². The molecule has 0 heterocycles. The highest BCUT2D eigenvalue weighted by Gasteiger charge is 2.24. The Kier molecular flexibility index (Phi) is 10.2. The number of carbonyl (C=O) groups is 3. The Balaban J connectivity index is 0.000000343. The molecule has 2 aromatic rings. The molecule has 8 nitrogen and oxygen atoms in total. The van der Waals surface area contributed by atoms with Crippen LogP contribution in [0.1, 0.15) is 31.9 Å². The number of alkyl carbamates (subject to hydrolysis) is 1. The molecule has 0 spiro atoms. The fourth-order valence-electron chi connectivity index (χ4n) is 2.46. The molecule has 0 unspecified atom stereocenters. The molecule has 168 valence electrons. The van der Waals surface area contributed by atoms with Gasteiger partial charge in [0.15, 0.2) is 0 Å². The van der Waals surface area contributed by atoms with Crippen LogP contribution in [-0.4, -0.2) is 45.9 Å². The molecule has 0 bridgehead atoms. The molecule has 0 saturated heterocycles. The first kappa shape index (κ1) is 25.6. The van der Waals surface area contributed by atoms with Crippen LogP contribution < -0.4 is 11.1 Å². The SMILES string of the molecule is CC(C)(C)OC(=O)N[C@@H](Cc1ccccc1)C(=O)O.N[C@@H](Cc1ccccc1)C(=O)O. The van der Waals surface area contributed by atoms with Crippen molar-refractivity contribution in [2.45, 2.75) is 51.3 Å². The smallest absolute Gasteiger partial charge is 0.408 e. The van der Waals surface area contributed by atoms with Crippen LogP contribution >= 0.6 is 0 Å². The van der Waals surface area contributed by atoms with Crippen molar-refractivity contribution in [3.05, 3.63) is 71.8 Å². The number of ether oxygens (including phenoxy) is 1. The maximum Gasteiger partial charge on any atom is 0.408 e. The second kappa shape index (κ2) is 12.3. The molecule has 8 heteroatoms. The van der Waals surface area contributed by atoms with Crippen LogP contribution in [0, 0.1) is 0 Å². The van der Waals surface area contributed by atoms with Gasteiger partial charge in [0.1, 0.15) is 17.7 Å². The van der Waals surface area contributed by atoms with Gasteiger partial charge >= 0.3 is 18.0 Å². The zero-order chi connectivity index (χ0) is 23.4. The molecular weight excluding hydrogens is 400 g/mol. The molecule has 0 radical (unpaired) electrons. The van der Waals surface area contributed by atoms with Gasteiger partial charge in [-0.05, 0) is 38.3 Å². The van der Waals surface area contributed by atoms with Gasteiger partial charge in [-0.1, -0.05) is 60.7 Å². The van der Waals surface area contributed by atoms with E-state index in [9.17, 15) is 14.4 Å². The van der Waals surface area contributed by atoms with E-state index in [-0.39, 0.29) is 6.42 Å². The molecule has 2 rings (SSSR count). The van der Waals surface area contributed by atoms with E-state index in [1.165, 1.54) is 0 Å². The predicted octanol–water partition coefficient (Wildman–Crippen LogP) is 2.85. The maximum atomic E-state index is 11.6. The Morgan fingerprint density at radius 3 is 1.71 bits per heavy atom. The molecule has 0 aromatic heterocycles. The quantitative estimate of drug-likeness (QED) is 0.530. The summed E-state index contributed by atoms with van der Waals surface area (Å²) < 4.78 is 5.04. The zero-order valence-corrected chi connectivity index (χ0v) is 17.9. The Bertz CT molecular complexity index is 834. The fraction of sp³-hybridized carbons (Fsp3) is 0.348. The standard InChI is InChI=1S/C14H19NO4.C9H11NO2/c1-14(2,3)19-13(18)15-11(12(16)17)9-10-7-5-4-6-8-10;10-8(9(11)12)6-7-4-2-1-3-5-7/h4-8,11H,9H2,1-3H3,(H,15,18)(H,16,17);1-5,8H,6,10H2,(H,11,12)/t11-;8-/m00/s1. The van der Waals surface area contributed by atoms with Crippen LogP contribution in [0.2, 0.25) is 0 Å². The first-order valence-electron chi connectivity index (χ1n) is 9.76. The van der Waals surface area contributed by atoms with Crippen molar-refractivity contribution in [3.8, 4) is 0 Å². The van der Waals surface area contributed by atoms with Gasteiger partial charge < -0.3 is 26.0 Å². The Hall–Kier alpha value is -3.39. The highest BCUT2D eigenvalue weighted by Crippen LogP contribution is 2.08. The van der Waals surface area contributed by atoms with E-state index < -0.39 is 35.7 Å². The van der Waals surface area contributed by atoms with Crippen molar-refractivity contribution >= 4 is 18.0 Å². The number of benzene rings is 2. The van der Waals surface area contributed by atoms with Crippen LogP contribution in [0.4, 0.5) is 4.79 Å². The van der Waals surface area contributed by atoms with Crippen LogP contribution in [0.15, 0.2) is 60.7 Å². The number of nitrogens with two attached hydrogens (primary N) is 1. The zero-order valence-electron chi connectivity index (χ0n) is 17.9. The second-order valence-electron chi connectivity index (χ2n) is 7.86. The summed E-state index contributed by atoms with van der Waals surface area (Å²) in [5.74, 6) is -2.05. The summed E-state index contributed by atoms with van der Waals surface area (Å²) in [6.07, 6.45) is -0.123. The lowest BCUT2D eigenvalue weighted by Gasteiger charge is -2.22. The summed E-state index contributed by atoms with van der Waals surface area (Å²) in [6, 6.07) is 16.7. The summed E-state index contributed by atoms with van der Waals surface area (Å²) in [5, 5.41) is 20.0. The molecule has 2 atom stereocenters. The summed E-state index contributed by atoms with van der Waals surface area (Å²) in [6.45, 7) is 5.17. The van der Waals surface area contributed by atoms with Gasteiger partial charge in [-0.2, -0.15) is 0 Å². The Morgan fingerprint density at radius 1 is 0.871 bits per heavy atom. The fourth-order valence-corrected chi connectivity index (χ4v) is 2.46. The highest BCUT2D eigenvalue weighted by atomic mass is 16.6. The van der Waals surface area contributed by atoms with E-state index in [1.807, 2.05) is 60.7 Å². The van der Waals surface area contributed by atoms with E-state index >= 15 is 0 Å². The van der Waals surface area contributed by atoms with Gasteiger partial charge in [-0.25, -0.2) is 9.59 Å². The molecule has 31 heavy (non-hydrogen) atoms. The Morgan fingerprint density at radius 2 is 1.32 bits per heavy atom. The topological polar surface area (TPSA) is 139 Å². The molecule has 5 N–H and O–H groups in total. The van der Waals surface area contributed by atoms with Crippen LogP contribution in [-0.2, 0) is 27.2 Å². The van der Waals surface area contributed by atoms with E-state index in [0.29, 0.717) is 6.42 Å². The number of rotatable bonds is 7. The van der Waals surface area contributed by atoms with Gasteiger partial charge in [0.25, 0.3) is 0 Å². The van der Waals surface area contributed by atoms with Gasteiger partial charge in [-0.3, -0.25) is 4.79 Å². The van der Waals surface area contributed by atoms with Gasteiger partial charge in [0.05, 0.1) is 0 Å². The van der Waals surface area contributed by atoms with Gasteiger partial charge in [0, 0.05) is 6.42 Å². The normalized spacial score (nSPS) is 12.5. The van der Waals surface area contributed by atoms with E-state index in [1.54, 1.807) is 20.8 Å². The first-order valence-corrected chi connectivity index (χ1v) is 9.76. The third-order valence-electron chi connectivity index (χ3n) is 3.89. The van der Waals surface area contributed by atoms with Crippen LogP contribution in [0.25, 0.3) is 0 Å². The number of aliphatic carboxylic acids is 2. The van der Waals surface area contributed by atoms with Crippen molar-refractivity contribution in [1.82, 2.24) is 5.32 Å². The minimum atomic E-state index is -1.09. The largest absolute Gasteiger partial charge is 0.480 e. The predicted molar refractivity (Wildman–Crippen MR) is 117 cm³/mol. The molecule has 0 aliphatic rings. The molecule has 0 fully saturated rings. The minimum Gasteiger partial charge on any atom is -0.480 e. The lowest BCUT2D eigenvalue weighted by molar-refractivity contribution is -0.140. The minimum absolute atomic E-state index is 0.218. The van der Waals surface area contributed by atoms with Crippen molar-refractivity contribution in [2.75, 3.05) is 0 Å². The number of amides is 1. The van der Waals surface area contributed by atoms with Crippen LogP contribution in [0.3, 0.4) is 0 Å². The summed E-state index contributed by atoms with van der Waals surface area (Å²) in [4.78, 5) is 33.1. The number of hydrogen-bond acceptors (Lipinski definition) is 5. The number of carbonyl (C=O) groups excluding carboxylic acids is 1. The monoisotopic (exact) mass is 430 g/mol. The first-order chi connectivity index (χ1) is 14.5. The molecule has 0 saturated carbocycles. The van der Waals surface area contributed by atoms with E-state index in [4.69, 9.17) is 20.7 Å². The van der Waals surface area contributed by atoms with Crippen molar-refractivity contribution in [1.29, 1.82) is 0 Å². The summed E-state index contributed by atoms with van der Waals surface area (Å²) in [7, 11) is 0. The van der Waals surface area contributed by atoms with Crippen molar-refractivity contribution < 1.29 is 29.3 Å². The lowest BCUT2D eigenvalue weighted by atomic mass is 10.1. The Labute approximate surface area is 182 Å². The number of nitrogens with one attached hydrogen (secondary N) is 1. The lowest BCUT2D eigenvalue weighted by Crippen LogP contribution is -2.44. The molecule has 1 amide bonds. The second-order valence-corrected chi connectivity index (χ2v) is 7.86. The highest BCUT2D eigenvalue weighted by molar-refractivity contribution is 5.80. The van der Waals surface area contributed by atoms with Gasteiger partial charge in [-0.15, -0.1) is 0 Å². The van der Waals surface area contributed by atoms with Crippen LogP contribution in [0.5, 0.6) is 0 Å². The molecule has 2 aromatic carbocycles. The summed E-state index contributed by atoms with van der Waals surface area (Å²) >= 11 is 0. The number of hydrogen-bond donors (Lipinski definition) is 4. The van der Waals surface area contributed by atoms with E-state index in [2.05, 4.69) is 5.32 Å². The number of carboxylic acid groups (broad SMARTS) is 2. The molecular formula is C23H30N2O6. The van der Waals surface area contributed by atoms with Crippen molar-refractivity contribution in [3.63, 3.8) is 0 Å². The molecule has 0 aliphatic carbocycles. The molecule has 0 aliphatic heterocycles. The summed E-state index contributed by atoms with van der Waals surface area (Å²) in [5.41, 5.74) is 6.49. The number of carboxylic acids is 2.